The number of carbonyl (C=O) groups excluding carboxylic acids is 2. The number of ether oxygens (including phenoxy) is 1. The van der Waals surface area contributed by atoms with E-state index in [1.54, 1.807) is 29.2 Å². The van der Waals surface area contributed by atoms with E-state index in [-0.39, 0.29) is 5.91 Å². The van der Waals surface area contributed by atoms with Crippen LogP contribution < -0.4 is 16.8 Å². The lowest BCUT2D eigenvalue weighted by molar-refractivity contribution is 0.0365. The minimum absolute atomic E-state index is 0.239. The molecule has 1 aliphatic heterocycles. The number of primary amides is 1. The second kappa shape index (κ2) is 10.6. The molecular formula is C22H29N5O3. The molecule has 0 saturated carbocycles. The first-order valence-corrected chi connectivity index (χ1v) is 10.1. The SMILES string of the molecule is NC(=O)N(CCCN1CCOCC1)Cc1ccc(C(=O)Nc2ccccc2N)cc1. The van der Waals surface area contributed by atoms with Crippen LogP contribution in [0.3, 0.4) is 0 Å². The summed E-state index contributed by atoms with van der Waals surface area (Å²) in [6.45, 7) is 5.28. The molecule has 5 N–H and O–H groups in total. The quantitative estimate of drug-likeness (QED) is 0.576. The number of nitrogens with zero attached hydrogens (tertiary/aromatic N) is 2. The zero-order chi connectivity index (χ0) is 21.3. The Balaban J connectivity index is 1.52. The van der Waals surface area contributed by atoms with Crippen molar-refractivity contribution in [1.29, 1.82) is 0 Å². The van der Waals surface area contributed by atoms with Gasteiger partial charge in [-0.2, -0.15) is 0 Å². The fourth-order valence-corrected chi connectivity index (χ4v) is 3.36. The third-order valence-corrected chi connectivity index (χ3v) is 5.12. The zero-order valence-corrected chi connectivity index (χ0v) is 17.0. The van der Waals surface area contributed by atoms with Gasteiger partial charge in [-0.05, 0) is 36.2 Å². The molecule has 0 aliphatic carbocycles. The summed E-state index contributed by atoms with van der Waals surface area (Å²) in [7, 11) is 0. The minimum Gasteiger partial charge on any atom is -0.397 e. The van der Waals surface area contributed by atoms with Crippen LogP contribution in [0.2, 0.25) is 0 Å². The van der Waals surface area contributed by atoms with Gasteiger partial charge in [0.15, 0.2) is 0 Å². The maximum atomic E-state index is 12.4. The molecule has 0 unspecified atom stereocenters. The minimum atomic E-state index is -0.446. The summed E-state index contributed by atoms with van der Waals surface area (Å²) in [5, 5.41) is 2.80. The molecule has 0 spiro atoms. The third-order valence-electron chi connectivity index (χ3n) is 5.12. The Morgan fingerprint density at radius 3 is 2.43 bits per heavy atom. The number of para-hydroxylation sites is 2. The second-order valence-corrected chi connectivity index (χ2v) is 7.31. The molecular weight excluding hydrogens is 382 g/mol. The molecule has 1 heterocycles. The molecule has 1 saturated heterocycles. The standard InChI is InChI=1S/C22H29N5O3/c23-19-4-1-2-5-20(19)25-21(28)18-8-6-17(7-9-18)16-27(22(24)29)11-3-10-26-12-14-30-15-13-26/h1-2,4-9H,3,10-16,23H2,(H2,24,29)(H,25,28). The van der Waals surface area contributed by atoms with E-state index in [2.05, 4.69) is 10.2 Å². The number of amides is 3. The fourth-order valence-electron chi connectivity index (χ4n) is 3.36. The average Bonchev–Trinajstić information content (AvgIpc) is 2.75. The number of nitrogens with two attached hydrogens (primary N) is 2. The van der Waals surface area contributed by atoms with Crippen molar-refractivity contribution < 1.29 is 14.3 Å². The molecule has 0 aromatic heterocycles. The van der Waals surface area contributed by atoms with Gasteiger partial charge in [-0.1, -0.05) is 24.3 Å². The number of morpholine rings is 1. The highest BCUT2D eigenvalue weighted by atomic mass is 16.5. The Bertz CT molecular complexity index is 850. The Kier molecular flexibility index (Phi) is 7.64. The predicted molar refractivity (Wildman–Crippen MR) is 117 cm³/mol. The molecule has 8 heteroatoms. The first-order valence-electron chi connectivity index (χ1n) is 10.1. The molecule has 0 bridgehead atoms. The number of nitrogens with one attached hydrogen (secondary N) is 1. The van der Waals surface area contributed by atoms with Crippen molar-refractivity contribution >= 4 is 23.3 Å². The maximum absolute atomic E-state index is 12.4. The van der Waals surface area contributed by atoms with Crippen molar-refractivity contribution in [2.24, 2.45) is 5.73 Å². The molecule has 1 fully saturated rings. The number of nitrogen functional groups attached to an aromatic ring is 1. The van der Waals surface area contributed by atoms with Gasteiger partial charge in [0.05, 0.1) is 24.6 Å². The van der Waals surface area contributed by atoms with Gasteiger partial charge in [-0.15, -0.1) is 0 Å². The third kappa shape index (κ3) is 6.20. The van der Waals surface area contributed by atoms with Crippen LogP contribution in [0, 0.1) is 0 Å². The smallest absolute Gasteiger partial charge is 0.315 e. The second-order valence-electron chi connectivity index (χ2n) is 7.31. The van der Waals surface area contributed by atoms with Gasteiger partial charge in [-0.25, -0.2) is 4.79 Å². The van der Waals surface area contributed by atoms with Crippen LogP contribution in [-0.2, 0) is 11.3 Å². The number of hydrogen-bond acceptors (Lipinski definition) is 5. The number of urea groups is 1. The predicted octanol–water partition coefficient (Wildman–Crippen LogP) is 2.12. The van der Waals surface area contributed by atoms with Gasteiger partial charge in [0, 0.05) is 38.3 Å². The number of hydrogen-bond donors (Lipinski definition) is 3. The van der Waals surface area contributed by atoms with E-state index in [0.717, 1.165) is 44.8 Å². The summed E-state index contributed by atoms with van der Waals surface area (Å²) < 4.78 is 5.35. The van der Waals surface area contributed by atoms with Gasteiger partial charge in [0.2, 0.25) is 0 Å². The van der Waals surface area contributed by atoms with Crippen molar-refractivity contribution in [2.75, 3.05) is 50.4 Å². The summed E-state index contributed by atoms with van der Waals surface area (Å²) in [6, 6.07) is 13.8. The van der Waals surface area contributed by atoms with Crippen molar-refractivity contribution in [3.05, 3.63) is 59.7 Å². The Morgan fingerprint density at radius 2 is 1.77 bits per heavy atom. The van der Waals surface area contributed by atoms with Gasteiger partial charge >= 0.3 is 6.03 Å². The molecule has 3 rings (SSSR count). The van der Waals surface area contributed by atoms with Gasteiger partial charge in [0.25, 0.3) is 5.91 Å². The molecule has 1 aliphatic rings. The largest absolute Gasteiger partial charge is 0.397 e. The zero-order valence-electron chi connectivity index (χ0n) is 17.0. The Labute approximate surface area is 176 Å². The summed E-state index contributed by atoms with van der Waals surface area (Å²) in [6.07, 6.45) is 0.849. The highest BCUT2D eigenvalue weighted by Gasteiger charge is 2.14. The van der Waals surface area contributed by atoms with Gasteiger partial charge in [-0.3, -0.25) is 9.69 Å². The summed E-state index contributed by atoms with van der Waals surface area (Å²) in [5.41, 5.74) is 13.9. The van der Waals surface area contributed by atoms with Crippen LogP contribution in [-0.4, -0.2) is 61.1 Å². The average molecular weight is 412 g/mol. The molecule has 0 atom stereocenters. The first-order chi connectivity index (χ1) is 14.5. The lowest BCUT2D eigenvalue weighted by Gasteiger charge is -2.28. The highest BCUT2D eigenvalue weighted by Crippen LogP contribution is 2.18. The van der Waals surface area contributed by atoms with Crippen LogP contribution in [0.5, 0.6) is 0 Å². The molecule has 30 heavy (non-hydrogen) atoms. The van der Waals surface area contributed by atoms with Crippen LogP contribution >= 0.6 is 0 Å². The van der Waals surface area contributed by atoms with Crippen LogP contribution in [0.1, 0.15) is 22.3 Å². The molecule has 2 aromatic carbocycles. The van der Waals surface area contributed by atoms with Crippen LogP contribution in [0.25, 0.3) is 0 Å². The number of rotatable bonds is 8. The summed E-state index contributed by atoms with van der Waals surface area (Å²) in [4.78, 5) is 28.2. The van der Waals surface area contributed by atoms with E-state index in [0.29, 0.717) is 30.0 Å². The number of anilines is 2. The lowest BCUT2D eigenvalue weighted by atomic mass is 10.1. The molecule has 2 aromatic rings. The van der Waals surface area contributed by atoms with Crippen molar-refractivity contribution in [3.63, 3.8) is 0 Å². The van der Waals surface area contributed by atoms with Crippen LogP contribution in [0.4, 0.5) is 16.2 Å². The monoisotopic (exact) mass is 411 g/mol. The van der Waals surface area contributed by atoms with Crippen molar-refractivity contribution in [3.8, 4) is 0 Å². The lowest BCUT2D eigenvalue weighted by Crippen LogP contribution is -2.40. The van der Waals surface area contributed by atoms with Crippen molar-refractivity contribution in [2.45, 2.75) is 13.0 Å². The van der Waals surface area contributed by atoms with Crippen molar-refractivity contribution in [1.82, 2.24) is 9.80 Å². The van der Waals surface area contributed by atoms with E-state index < -0.39 is 6.03 Å². The van der Waals surface area contributed by atoms with E-state index in [1.165, 1.54) is 0 Å². The van der Waals surface area contributed by atoms with Gasteiger partial charge < -0.3 is 26.4 Å². The fraction of sp³-hybridized carbons (Fsp3) is 0.364. The van der Waals surface area contributed by atoms with E-state index in [9.17, 15) is 9.59 Å². The number of carbonyl (C=O) groups is 2. The Hall–Kier alpha value is -3.10. The van der Waals surface area contributed by atoms with Crippen LogP contribution in [0.15, 0.2) is 48.5 Å². The number of benzene rings is 2. The Morgan fingerprint density at radius 1 is 1.07 bits per heavy atom. The van der Waals surface area contributed by atoms with E-state index in [1.807, 2.05) is 24.3 Å². The highest BCUT2D eigenvalue weighted by molar-refractivity contribution is 6.05. The molecule has 0 radical (unpaired) electrons. The first kappa shape index (κ1) is 21.6. The maximum Gasteiger partial charge on any atom is 0.315 e. The normalized spacial score (nSPS) is 14.3. The molecule has 3 amide bonds. The molecule has 8 nitrogen and oxygen atoms in total. The van der Waals surface area contributed by atoms with Gasteiger partial charge in [0.1, 0.15) is 0 Å². The topological polar surface area (TPSA) is 114 Å². The molecule has 160 valence electrons. The summed E-state index contributed by atoms with van der Waals surface area (Å²) >= 11 is 0. The van der Waals surface area contributed by atoms with E-state index >= 15 is 0 Å². The van der Waals surface area contributed by atoms with E-state index in [4.69, 9.17) is 16.2 Å². The summed E-state index contributed by atoms with van der Waals surface area (Å²) in [5.74, 6) is -0.239.